The number of halogens is 4. The zero-order valence-corrected chi connectivity index (χ0v) is 8.65. The SMILES string of the molecule is O=P(O)(Cl)C(Cl)(Cl)CCCl. The number of hydrogen-bond donors (Lipinski definition) is 1. The fourth-order valence-electron chi connectivity index (χ4n) is 0.252. The van der Waals surface area contributed by atoms with Crippen molar-refractivity contribution in [2.75, 3.05) is 5.88 Å². The summed E-state index contributed by atoms with van der Waals surface area (Å²) in [5.74, 6) is 0.0876. The molecule has 0 heterocycles. The molecule has 62 valence electrons. The van der Waals surface area contributed by atoms with Crippen LogP contribution in [-0.4, -0.2) is 14.8 Å². The molecule has 0 fully saturated rings. The fourth-order valence-corrected chi connectivity index (χ4v) is 1.69. The van der Waals surface area contributed by atoms with Gasteiger partial charge < -0.3 is 4.89 Å². The van der Waals surface area contributed by atoms with E-state index >= 15 is 0 Å². The van der Waals surface area contributed by atoms with E-state index in [0.717, 1.165) is 0 Å². The van der Waals surface area contributed by atoms with Gasteiger partial charge >= 0.3 is 6.72 Å². The smallest absolute Gasteiger partial charge is 0.322 e. The highest BCUT2D eigenvalue weighted by molar-refractivity contribution is 7.88. The second-order valence-corrected chi connectivity index (χ2v) is 7.14. The minimum Gasteiger partial charge on any atom is -0.331 e. The first-order valence-corrected chi connectivity index (χ1v) is 6.13. The van der Waals surface area contributed by atoms with Crippen molar-refractivity contribution >= 4 is 52.8 Å². The lowest BCUT2D eigenvalue weighted by molar-refractivity contribution is 0.486. The molecule has 0 amide bonds. The third-order valence-corrected chi connectivity index (χ3v) is 5.16. The van der Waals surface area contributed by atoms with Crippen LogP contribution in [0.5, 0.6) is 0 Å². The fraction of sp³-hybridized carbons (Fsp3) is 1.00. The summed E-state index contributed by atoms with van der Waals surface area (Å²) in [5, 5.41) is 0. The van der Waals surface area contributed by atoms with Crippen molar-refractivity contribution in [3.8, 4) is 0 Å². The number of rotatable bonds is 3. The molecule has 0 saturated carbocycles. The Morgan fingerprint density at radius 1 is 1.50 bits per heavy atom. The maximum absolute atomic E-state index is 10.6. The quantitative estimate of drug-likeness (QED) is 0.613. The van der Waals surface area contributed by atoms with Gasteiger partial charge in [0.2, 0.25) is 4.07 Å². The molecule has 0 bridgehead atoms. The molecule has 0 rings (SSSR count). The molecule has 0 aliphatic carbocycles. The normalized spacial score (nSPS) is 18.5. The van der Waals surface area contributed by atoms with Crippen LogP contribution in [0.3, 0.4) is 0 Å². The minimum absolute atomic E-state index is 0.0189. The maximum atomic E-state index is 10.6. The Balaban J connectivity index is 4.25. The highest BCUT2D eigenvalue weighted by atomic mass is 35.7. The zero-order chi connectivity index (χ0) is 8.41. The lowest BCUT2D eigenvalue weighted by atomic mass is 10.6. The highest BCUT2D eigenvalue weighted by Gasteiger charge is 2.42. The topological polar surface area (TPSA) is 37.3 Å². The Hall–Kier alpha value is 1.35. The molecule has 0 aromatic heterocycles. The van der Waals surface area contributed by atoms with Crippen LogP contribution in [0.2, 0.25) is 0 Å². The van der Waals surface area contributed by atoms with Gasteiger partial charge in [0.1, 0.15) is 0 Å². The molecule has 0 aromatic carbocycles. The molecule has 1 N–H and O–H groups in total. The summed E-state index contributed by atoms with van der Waals surface area (Å²) >= 11 is 20.9. The van der Waals surface area contributed by atoms with Crippen molar-refractivity contribution in [1.29, 1.82) is 0 Å². The molecule has 0 aliphatic heterocycles. The van der Waals surface area contributed by atoms with Crippen LogP contribution in [0, 0.1) is 0 Å². The Morgan fingerprint density at radius 2 is 1.90 bits per heavy atom. The van der Waals surface area contributed by atoms with E-state index in [9.17, 15) is 4.57 Å². The van der Waals surface area contributed by atoms with Gasteiger partial charge in [0.05, 0.1) is 0 Å². The van der Waals surface area contributed by atoms with Gasteiger partial charge in [-0.2, -0.15) is 0 Å². The van der Waals surface area contributed by atoms with Gasteiger partial charge in [-0.25, -0.2) is 0 Å². The summed E-state index contributed by atoms with van der Waals surface area (Å²) in [6.07, 6.45) is -0.0189. The molecule has 0 aromatic rings. The van der Waals surface area contributed by atoms with E-state index in [0.29, 0.717) is 0 Å². The van der Waals surface area contributed by atoms with E-state index in [1.54, 1.807) is 0 Å². The van der Waals surface area contributed by atoms with Crippen molar-refractivity contribution in [2.24, 2.45) is 0 Å². The van der Waals surface area contributed by atoms with Gasteiger partial charge in [0.15, 0.2) is 0 Å². The van der Waals surface area contributed by atoms with Crippen molar-refractivity contribution in [1.82, 2.24) is 0 Å². The molecule has 0 spiro atoms. The predicted octanol–water partition coefficient (Wildman–Crippen LogP) is 3.17. The van der Waals surface area contributed by atoms with E-state index < -0.39 is 10.8 Å². The van der Waals surface area contributed by atoms with Crippen LogP contribution in [0.15, 0.2) is 0 Å². The Morgan fingerprint density at radius 3 is 2.00 bits per heavy atom. The number of hydrogen-bond acceptors (Lipinski definition) is 1. The average Bonchev–Trinajstić information content (AvgIpc) is 1.61. The van der Waals surface area contributed by atoms with E-state index in [-0.39, 0.29) is 12.3 Å². The second-order valence-electron chi connectivity index (χ2n) is 1.61. The molecule has 10 heavy (non-hydrogen) atoms. The molecule has 0 aliphatic rings. The lowest BCUT2D eigenvalue weighted by Gasteiger charge is -2.18. The first-order chi connectivity index (χ1) is 4.31. The van der Waals surface area contributed by atoms with E-state index in [4.69, 9.17) is 50.9 Å². The molecule has 0 radical (unpaired) electrons. The average molecular weight is 246 g/mol. The Bertz CT molecular complexity index is 153. The minimum atomic E-state index is -3.97. The van der Waals surface area contributed by atoms with Crippen LogP contribution in [0.25, 0.3) is 0 Å². The van der Waals surface area contributed by atoms with Crippen molar-refractivity contribution in [2.45, 2.75) is 10.5 Å². The Kier molecular flexibility index (Phi) is 4.36. The zero-order valence-electron chi connectivity index (χ0n) is 4.73. The molecule has 0 saturated heterocycles. The summed E-state index contributed by atoms with van der Waals surface area (Å²) in [5.41, 5.74) is 0. The summed E-state index contributed by atoms with van der Waals surface area (Å²) in [6.45, 7) is -3.97. The van der Waals surface area contributed by atoms with E-state index in [2.05, 4.69) is 0 Å². The van der Waals surface area contributed by atoms with Crippen molar-refractivity contribution < 1.29 is 9.46 Å². The third-order valence-electron chi connectivity index (χ3n) is 0.799. The molecular formula is C3H5Cl4O2P. The van der Waals surface area contributed by atoms with Gasteiger partial charge in [0.25, 0.3) is 0 Å². The molecular weight excluding hydrogens is 241 g/mol. The van der Waals surface area contributed by atoms with Crippen molar-refractivity contribution in [3.05, 3.63) is 0 Å². The number of alkyl halides is 3. The predicted molar refractivity (Wildman–Crippen MR) is 45.5 cm³/mol. The summed E-state index contributed by atoms with van der Waals surface area (Å²) in [7, 11) is 0. The highest BCUT2D eigenvalue weighted by Crippen LogP contribution is 2.65. The van der Waals surface area contributed by atoms with Gasteiger partial charge in [-0.15, -0.1) is 11.6 Å². The maximum Gasteiger partial charge on any atom is 0.322 e. The van der Waals surface area contributed by atoms with Crippen LogP contribution >= 0.6 is 52.8 Å². The van der Waals surface area contributed by atoms with Gasteiger partial charge in [0, 0.05) is 12.3 Å². The molecule has 1 atom stereocenters. The first-order valence-electron chi connectivity index (χ1n) is 2.27. The molecule has 1 unspecified atom stereocenters. The Labute approximate surface area is 78.6 Å². The summed E-state index contributed by atoms with van der Waals surface area (Å²) < 4.78 is 8.80. The van der Waals surface area contributed by atoms with E-state index in [1.165, 1.54) is 0 Å². The second kappa shape index (κ2) is 3.84. The van der Waals surface area contributed by atoms with Crippen LogP contribution in [-0.2, 0) is 4.57 Å². The third kappa shape index (κ3) is 3.17. The van der Waals surface area contributed by atoms with Gasteiger partial charge in [-0.05, 0) is 11.2 Å². The molecule has 7 heteroatoms. The first kappa shape index (κ1) is 11.4. The van der Waals surface area contributed by atoms with Crippen LogP contribution < -0.4 is 0 Å². The van der Waals surface area contributed by atoms with Gasteiger partial charge in [-0.1, -0.05) is 23.2 Å². The van der Waals surface area contributed by atoms with Crippen LogP contribution in [0.1, 0.15) is 6.42 Å². The van der Waals surface area contributed by atoms with Gasteiger partial charge in [-0.3, -0.25) is 4.57 Å². The van der Waals surface area contributed by atoms with Crippen LogP contribution in [0.4, 0.5) is 0 Å². The summed E-state index contributed by atoms with van der Waals surface area (Å²) in [4.78, 5) is 8.67. The van der Waals surface area contributed by atoms with Crippen molar-refractivity contribution in [3.63, 3.8) is 0 Å². The standard InChI is InChI=1S/C3H5Cl4O2P/c4-2-1-3(5,6)10(7,8)9/h1-2H2,(H,8,9). The van der Waals surface area contributed by atoms with E-state index in [1.807, 2.05) is 0 Å². The monoisotopic (exact) mass is 244 g/mol. The lowest BCUT2D eigenvalue weighted by Crippen LogP contribution is -2.10. The molecule has 2 nitrogen and oxygen atoms in total. The summed E-state index contributed by atoms with van der Waals surface area (Å²) in [6, 6.07) is 0. The largest absolute Gasteiger partial charge is 0.331 e.